The van der Waals surface area contributed by atoms with Crippen LogP contribution < -0.4 is 5.32 Å². The van der Waals surface area contributed by atoms with Gasteiger partial charge in [0.25, 0.3) is 0 Å². The van der Waals surface area contributed by atoms with Crippen molar-refractivity contribution in [2.75, 3.05) is 19.7 Å². The maximum Gasteiger partial charge on any atom is 0.158 e. The van der Waals surface area contributed by atoms with Gasteiger partial charge in [-0.15, -0.1) is 0 Å². The number of aromatic nitrogens is 2. The molecular formula is C16H28N4O. The minimum absolute atomic E-state index is 0.0178. The highest BCUT2D eigenvalue weighted by atomic mass is 16.5. The highest BCUT2D eigenvalue weighted by molar-refractivity contribution is 5.05. The van der Waals surface area contributed by atoms with E-state index in [9.17, 15) is 0 Å². The van der Waals surface area contributed by atoms with Gasteiger partial charge in [0.05, 0.1) is 12.3 Å². The molecule has 5 heteroatoms. The van der Waals surface area contributed by atoms with Gasteiger partial charge in [0, 0.05) is 37.4 Å². The monoisotopic (exact) mass is 292 g/mol. The van der Waals surface area contributed by atoms with Crippen LogP contribution in [-0.4, -0.2) is 46.1 Å². The van der Waals surface area contributed by atoms with Gasteiger partial charge in [-0.2, -0.15) is 0 Å². The maximum absolute atomic E-state index is 5.86. The molecule has 0 aromatic carbocycles. The van der Waals surface area contributed by atoms with E-state index in [4.69, 9.17) is 4.74 Å². The fourth-order valence-electron chi connectivity index (χ4n) is 2.32. The Morgan fingerprint density at radius 1 is 1.43 bits per heavy atom. The zero-order chi connectivity index (χ0) is 15.5. The molecule has 0 radical (unpaired) electrons. The van der Waals surface area contributed by atoms with Crippen molar-refractivity contribution in [1.82, 2.24) is 20.2 Å². The summed E-state index contributed by atoms with van der Waals surface area (Å²) in [6.07, 6.45) is 1.82. The van der Waals surface area contributed by atoms with Crippen molar-refractivity contribution < 1.29 is 4.74 Å². The second-order valence-corrected chi connectivity index (χ2v) is 6.96. The van der Waals surface area contributed by atoms with Gasteiger partial charge in [-0.25, -0.2) is 9.97 Å². The molecule has 1 unspecified atom stereocenters. The van der Waals surface area contributed by atoms with Crippen molar-refractivity contribution in [3.05, 3.63) is 23.8 Å². The molecule has 2 heterocycles. The molecule has 1 aliphatic rings. The first kappa shape index (κ1) is 16.3. The number of ether oxygens (including phenoxy) is 1. The first-order chi connectivity index (χ1) is 9.85. The van der Waals surface area contributed by atoms with Crippen molar-refractivity contribution in [1.29, 1.82) is 0 Å². The van der Waals surface area contributed by atoms with Crippen LogP contribution in [0.3, 0.4) is 0 Å². The molecule has 0 spiro atoms. The molecular weight excluding hydrogens is 264 g/mol. The third-order valence-electron chi connectivity index (χ3n) is 3.65. The zero-order valence-corrected chi connectivity index (χ0v) is 13.9. The van der Waals surface area contributed by atoms with Crippen LogP contribution in [0.5, 0.6) is 0 Å². The quantitative estimate of drug-likeness (QED) is 0.921. The van der Waals surface area contributed by atoms with Crippen LogP contribution in [-0.2, 0) is 11.3 Å². The Morgan fingerprint density at radius 3 is 2.86 bits per heavy atom. The number of rotatable bonds is 4. The van der Waals surface area contributed by atoms with E-state index in [1.807, 2.05) is 12.3 Å². The highest BCUT2D eigenvalue weighted by Crippen LogP contribution is 2.20. The van der Waals surface area contributed by atoms with Crippen LogP contribution in [0, 0.1) is 0 Å². The Bertz CT molecular complexity index is 456. The standard InChI is InChI=1S/C16H28N4O/c1-12(2)20-8-9-21-14(11-20)15-17-7-6-13(19-15)10-18-16(3,4)5/h6-7,12,14,18H,8-11H2,1-5H3. The lowest BCUT2D eigenvalue weighted by atomic mass is 10.1. The van der Waals surface area contributed by atoms with E-state index in [0.29, 0.717) is 6.04 Å². The van der Waals surface area contributed by atoms with Gasteiger partial charge in [0.15, 0.2) is 5.82 Å². The van der Waals surface area contributed by atoms with Crippen LogP contribution >= 0.6 is 0 Å². The van der Waals surface area contributed by atoms with Crippen molar-refractivity contribution in [2.24, 2.45) is 0 Å². The second kappa shape index (κ2) is 6.81. The summed E-state index contributed by atoms with van der Waals surface area (Å²) in [6, 6.07) is 2.49. The average molecular weight is 292 g/mol. The van der Waals surface area contributed by atoms with Gasteiger partial charge in [-0.3, -0.25) is 4.90 Å². The molecule has 1 aromatic heterocycles. The van der Waals surface area contributed by atoms with Crippen molar-refractivity contribution in [3.8, 4) is 0 Å². The minimum Gasteiger partial charge on any atom is -0.368 e. The molecule has 21 heavy (non-hydrogen) atoms. The van der Waals surface area contributed by atoms with E-state index in [1.165, 1.54) is 0 Å². The van der Waals surface area contributed by atoms with Gasteiger partial charge < -0.3 is 10.1 Å². The SMILES string of the molecule is CC(C)N1CCOC(c2nccc(CNC(C)(C)C)n2)C1. The number of hydrogen-bond acceptors (Lipinski definition) is 5. The third-order valence-corrected chi connectivity index (χ3v) is 3.65. The summed E-state index contributed by atoms with van der Waals surface area (Å²) >= 11 is 0. The second-order valence-electron chi connectivity index (χ2n) is 6.96. The Hall–Kier alpha value is -1.04. The largest absolute Gasteiger partial charge is 0.368 e. The lowest BCUT2D eigenvalue weighted by Crippen LogP contribution is -2.42. The molecule has 1 N–H and O–H groups in total. The number of nitrogens with one attached hydrogen (secondary N) is 1. The molecule has 1 aliphatic heterocycles. The lowest BCUT2D eigenvalue weighted by Gasteiger charge is -2.34. The van der Waals surface area contributed by atoms with Crippen molar-refractivity contribution >= 4 is 0 Å². The molecule has 0 aliphatic carbocycles. The predicted molar refractivity (Wildman–Crippen MR) is 84.0 cm³/mol. The summed E-state index contributed by atoms with van der Waals surface area (Å²) in [5.41, 5.74) is 1.10. The van der Waals surface area contributed by atoms with E-state index in [1.54, 1.807) is 0 Å². The van der Waals surface area contributed by atoms with Gasteiger partial charge >= 0.3 is 0 Å². The summed E-state index contributed by atoms with van der Waals surface area (Å²) in [5.74, 6) is 0.800. The van der Waals surface area contributed by atoms with Crippen LogP contribution in [0.2, 0.25) is 0 Å². The summed E-state index contributed by atoms with van der Waals surface area (Å²) < 4.78 is 5.86. The van der Waals surface area contributed by atoms with E-state index >= 15 is 0 Å². The Morgan fingerprint density at radius 2 is 2.19 bits per heavy atom. The summed E-state index contributed by atoms with van der Waals surface area (Å²) in [4.78, 5) is 11.5. The van der Waals surface area contributed by atoms with E-state index < -0.39 is 0 Å². The number of hydrogen-bond donors (Lipinski definition) is 1. The summed E-state index contributed by atoms with van der Waals surface area (Å²) in [5, 5.41) is 3.45. The third kappa shape index (κ3) is 5.02. The van der Waals surface area contributed by atoms with Crippen LogP contribution in [0.15, 0.2) is 12.3 Å². The van der Waals surface area contributed by atoms with Crippen LogP contribution in [0.1, 0.15) is 52.2 Å². The predicted octanol–water partition coefficient (Wildman–Crippen LogP) is 2.15. The number of nitrogens with zero attached hydrogens (tertiary/aromatic N) is 3. The Kier molecular flexibility index (Phi) is 5.30. The van der Waals surface area contributed by atoms with Crippen LogP contribution in [0.4, 0.5) is 0 Å². The molecule has 0 bridgehead atoms. The van der Waals surface area contributed by atoms with E-state index in [0.717, 1.165) is 37.8 Å². The molecule has 0 saturated carbocycles. The fraction of sp³-hybridized carbons (Fsp3) is 0.750. The smallest absolute Gasteiger partial charge is 0.158 e. The Balaban J connectivity index is 2.03. The minimum atomic E-state index is -0.0178. The molecule has 1 aromatic rings. The first-order valence-corrected chi connectivity index (χ1v) is 7.77. The zero-order valence-electron chi connectivity index (χ0n) is 13.9. The number of morpholine rings is 1. The molecule has 5 nitrogen and oxygen atoms in total. The van der Waals surface area contributed by atoms with Gasteiger partial charge in [-0.1, -0.05) is 0 Å². The van der Waals surface area contributed by atoms with Gasteiger partial charge in [0.1, 0.15) is 6.10 Å². The van der Waals surface area contributed by atoms with Crippen molar-refractivity contribution in [2.45, 2.75) is 58.8 Å². The topological polar surface area (TPSA) is 50.3 Å². The van der Waals surface area contributed by atoms with Gasteiger partial charge in [0.2, 0.25) is 0 Å². The lowest BCUT2D eigenvalue weighted by molar-refractivity contribution is -0.0443. The highest BCUT2D eigenvalue weighted by Gasteiger charge is 2.25. The van der Waals surface area contributed by atoms with E-state index in [2.05, 4.69) is 54.8 Å². The summed E-state index contributed by atoms with van der Waals surface area (Å²) in [7, 11) is 0. The molecule has 1 fully saturated rings. The molecule has 2 rings (SSSR count). The molecule has 118 valence electrons. The van der Waals surface area contributed by atoms with Gasteiger partial charge in [-0.05, 0) is 40.7 Å². The molecule has 1 saturated heterocycles. The normalized spacial score (nSPS) is 21.0. The van der Waals surface area contributed by atoms with E-state index in [-0.39, 0.29) is 11.6 Å². The summed E-state index contributed by atoms with van der Waals surface area (Å²) in [6.45, 7) is 14.2. The van der Waals surface area contributed by atoms with Crippen molar-refractivity contribution in [3.63, 3.8) is 0 Å². The molecule has 1 atom stereocenters. The Labute approximate surface area is 128 Å². The molecule has 0 amide bonds. The van der Waals surface area contributed by atoms with Crippen LogP contribution in [0.25, 0.3) is 0 Å². The maximum atomic E-state index is 5.86. The first-order valence-electron chi connectivity index (χ1n) is 7.77. The fourth-order valence-corrected chi connectivity index (χ4v) is 2.32. The average Bonchev–Trinajstić information content (AvgIpc) is 2.45.